The summed E-state index contributed by atoms with van der Waals surface area (Å²) in [5, 5.41) is 19.1. The van der Waals surface area contributed by atoms with Crippen LogP contribution in [-0.2, 0) is 19.1 Å². The molecular formula is C25H29NO10. The zero-order chi connectivity index (χ0) is 26.4. The number of hydrogen-bond donors (Lipinski definition) is 2. The van der Waals surface area contributed by atoms with Gasteiger partial charge >= 0.3 is 11.9 Å². The van der Waals surface area contributed by atoms with Crippen molar-refractivity contribution in [1.82, 2.24) is 0 Å². The van der Waals surface area contributed by atoms with Gasteiger partial charge in [-0.3, -0.25) is 14.4 Å². The summed E-state index contributed by atoms with van der Waals surface area (Å²) in [6.07, 6.45) is -0.0853. The van der Waals surface area contributed by atoms with Crippen molar-refractivity contribution in [2.75, 3.05) is 39.9 Å². The predicted octanol–water partition coefficient (Wildman–Crippen LogP) is 2.93. The lowest BCUT2D eigenvalue weighted by Gasteiger charge is -2.47. The van der Waals surface area contributed by atoms with Crippen molar-refractivity contribution in [2.24, 2.45) is 5.92 Å². The molecule has 36 heavy (non-hydrogen) atoms. The highest BCUT2D eigenvalue weighted by Crippen LogP contribution is 2.49. The number of carbonyl (C=O) groups is 3. The molecule has 0 radical (unpaired) electrons. The third-order valence-electron chi connectivity index (χ3n) is 5.88. The topological polar surface area (TPSA) is 141 Å². The lowest BCUT2D eigenvalue weighted by Crippen LogP contribution is -2.57. The first-order valence-corrected chi connectivity index (χ1v) is 11.1. The van der Waals surface area contributed by atoms with Crippen LogP contribution in [0.15, 0.2) is 30.3 Å². The second-order valence-corrected chi connectivity index (χ2v) is 8.00. The van der Waals surface area contributed by atoms with Crippen molar-refractivity contribution in [2.45, 2.75) is 25.3 Å². The van der Waals surface area contributed by atoms with Gasteiger partial charge in [-0.2, -0.15) is 0 Å². The Bertz CT molecular complexity index is 1110. The molecule has 11 heteroatoms. The third kappa shape index (κ3) is 5.40. The summed E-state index contributed by atoms with van der Waals surface area (Å²) in [5.41, 5.74) is 1.05. The molecule has 1 saturated heterocycles. The van der Waals surface area contributed by atoms with Crippen LogP contribution in [0.25, 0.3) is 0 Å². The van der Waals surface area contributed by atoms with Gasteiger partial charge in [-0.25, -0.2) is 0 Å². The number of ether oxygens (including phenoxy) is 5. The van der Waals surface area contributed by atoms with Crippen LogP contribution < -0.4 is 23.8 Å². The fourth-order valence-electron chi connectivity index (χ4n) is 4.12. The van der Waals surface area contributed by atoms with E-state index in [1.54, 1.807) is 24.3 Å². The number of methoxy groups -OCH3 is 4. The first-order chi connectivity index (χ1) is 17.2. The zero-order valence-corrected chi connectivity index (χ0v) is 20.5. The number of carboxylic acid groups (broad SMARTS) is 1. The first kappa shape index (κ1) is 26.5. The van der Waals surface area contributed by atoms with Crippen molar-refractivity contribution in [3.63, 3.8) is 0 Å². The highest BCUT2D eigenvalue weighted by atomic mass is 16.5. The number of anilines is 1. The largest absolute Gasteiger partial charge is 0.504 e. The Balaban J connectivity index is 1.92. The molecule has 11 nitrogen and oxygen atoms in total. The minimum Gasteiger partial charge on any atom is -0.504 e. The van der Waals surface area contributed by atoms with Gasteiger partial charge in [-0.1, -0.05) is 6.07 Å². The molecule has 0 spiro atoms. The molecule has 0 aromatic heterocycles. The second-order valence-electron chi connectivity index (χ2n) is 8.00. The monoisotopic (exact) mass is 503 g/mol. The molecule has 194 valence electrons. The van der Waals surface area contributed by atoms with Gasteiger partial charge in [0.25, 0.3) is 0 Å². The molecule has 2 aromatic rings. The SMILES string of the molecule is COc1ccc([C@H]2[C@@H](COC(=O)CCCC(=O)O)C(=O)N2c2cc(OC)c(OC)c(OC)c2)cc1O. The van der Waals surface area contributed by atoms with E-state index < -0.39 is 23.9 Å². The molecule has 1 heterocycles. The number of rotatable bonds is 12. The fraction of sp³-hybridized carbons (Fsp3) is 0.400. The van der Waals surface area contributed by atoms with Crippen LogP contribution >= 0.6 is 0 Å². The Hall–Kier alpha value is -4.15. The van der Waals surface area contributed by atoms with E-state index in [0.717, 1.165) is 0 Å². The number of carbonyl (C=O) groups excluding carboxylic acids is 2. The Kier molecular flexibility index (Phi) is 8.46. The number of amides is 1. The van der Waals surface area contributed by atoms with E-state index in [9.17, 15) is 19.5 Å². The molecular weight excluding hydrogens is 474 g/mol. The predicted molar refractivity (Wildman–Crippen MR) is 127 cm³/mol. The van der Waals surface area contributed by atoms with Crippen LogP contribution in [0.2, 0.25) is 0 Å². The van der Waals surface area contributed by atoms with E-state index >= 15 is 0 Å². The number of esters is 1. The Morgan fingerprint density at radius 2 is 1.56 bits per heavy atom. The molecule has 3 rings (SSSR count). The normalized spacial score (nSPS) is 16.7. The van der Waals surface area contributed by atoms with Gasteiger partial charge in [0, 0.05) is 25.0 Å². The average molecular weight is 504 g/mol. The van der Waals surface area contributed by atoms with Gasteiger partial charge < -0.3 is 38.8 Å². The summed E-state index contributed by atoms with van der Waals surface area (Å²) in [6.45, 7) is -0.205. The maximum Gasteiger partial charge on any atom is 0.305 e. The van der Waals surface area contributed by atoms with E-state index in [2.05, 4.69) is 0 Å². The number of phenolic OH excluding ortho intramolecular Hbond substituents is 1. The number of phenols is 1. The lowest BCUT2D eigenvalue weighted by atomic mass is 9.82. The molecule has 1 fully saturated rings. The molecule has 0 saturated carbocycles. The van der Waals surface area contributed by atoms with Crippen molar-refractivity contribution < 1.29 is 48.3 Å². The van der Waals surface area contributed by atoms with Crippen LogP contribution in [0.4, 0.5) is 5.69 Å². The molecule has 0 unspecified atom stereocenters. The van der Waals surface area contributed by atoms with E-state index in [1.165, 1.54) is 39.4 Å². The van der Waals surface area contributed by atoms with Crippen LogP contribution in [0.1, 0.15) is 30.9 Å². The molecule has 0 aliphatic carbocycles. The smallest absolute Gasteiger partial charge is 0.305 e. The molecule has 0 bridgehead atoms. The quantitative estimate of drug-likeness (QED) is 0.328. The van der Waals surface area contributed by atoms with E-state index in [1.807, 2.05) is 0 Å². The van der Waals surface area contributed by atoms with Gasteiger partial charge in [-0.05, 0) is 24.1 Å². The Labute approximate surface area is 208 Å². The van der Waals surface area contributed by atoms with Crippen molar-refractivity contribution >= 4 is 23.5 Å². The molecule has 2 N–H and O–H groups in total. The summed E-state index contributed by atoms with van der Waals surface area (Å²) >= 11 is 0. The van der Waals surface area contributed by atoms with E-state index in [-0.39, 0.29) is 43.3 Å². The highest BCUT2D eigenvalue weighted by molar-refractivity contribution is 6.04. The number of nitrogens with zero attached hydrogens (tertiary/aromatic N) is 1. The van der Waals surface area contributed by atoms with Gasteiger partial charge in [0.2, 0.25) is 11.7 Å². The third-order valence-corrected chi connectivity index (χ3v) is 5.88. The van der Waals surface area contributed by atoms with E-state index in [0.29, 0.717) is 28.5 Å². The van der Waals surface area contributed by atoms with Crippen LogP contribution in [0, 0.1) is 5.92 Å². The van der Waals surface area contributed by atoms with Crippen molar-refractivity contribution in [3.05, 3.63) is 35.9 Å². The van der Waals surface area contributed by atoms with Crippen LogP contribution in [0.5, 0.6) is 28.7 Å². The van der Waals surface area contributed by atoms with Crippen LogP contribution in [-0.4, -0.2) is 63.1 Å². The Morgan fingerprint density at radius 3 is 2.08 bits per heavy atom. The zero-order valence-electron chi connectivity index (χ0n) is 20.5. The number of benzene rings is 2. The van der Waals surface area contributed by atoms with Crippen LogP contribution in [0.3, 0.4) is 0 Å². The maximum absolute atomic E-state index is 13.3. The van der Waals surface area contributed by atoms with Gasteiger partial charge in [0.05, 0.1) is 46.1 Å². The highest BCUT2D eigenvalue weighted by Gasteiger charge is 2.50. The minimum absolute atomic E-state index is 0.0716. The van der Waals surface area contributed by atoms with Crippen molar-refractivity contribution in [3.8, 4) is 28.7 Å². The number of β-lactam (4-membered cyclic amide) rings is 1. The average Bonchev–Trinajstić information content (AvgIpc) is 2.86. The standard InChI is InChI=1S/C25H29NO10/c1-32-18-9-8-14(10-17(18)27)23-16(13-36-22(30)7-5-6-21(28)29)25(31)26(23)15-11-19(33-2)24(35-4)20(12-15)34-3/h8-12,16,23,27H,5-7,13H2,1-4H3,(H,28,29)/t16-,23+/m1/s1. The number of carboxylic acids is 1. The summed E-state index contributed by atoms with van der Waals surface area (Å²) in [7, 11) is 5.82. The molecule has 2 atom stereocenters. The molecule has 1 aliphatic rings. The van der Waals surface area contributed by atoms with Crippen molar-refractivity contribution in [1.29, 1.82) is 0 Å². The summed E-state index contributed by atoms with van der Waals surface area (Å²) < 4.78 is 26.6. The van der Waals surface area contributed by atoms with E-state index in [4.69, 9.17) is 28.8 Å². The molecule has 1 amide bonds. The lowest BCUT2D eigenvalue weighted by molar-refractivity contribution is -0.149. The maximum atomic E-state index is 13.3. The minimum atomic E-state index is -1.00. The fourth-order valence-corrected chi connectivity index (χ4v) is 4.12. The molecule has 2 aromatic carbocycles. The first-order valence-electron chi connectivity index (χ1n) is 11.1. The molecule has 1 aliphatic heterocycles. The van der Waals surface area contributed by atoms with Gasteiger partial charge in [-0.15, -0.1) is 0 Å². The Morgan fingerprint density at radius 1 is 0.917 bits per heavy atom. The van der Waals surface area contributed by atoms with Gasteiger partial charge in [0.15, 0.2) is 23.0 Å². The number of hydrogen-bond acceptors (Lipinski definition) is 9. The van der Waals surface area contributed by atoms with Gasteiger partial charge in [0.1, 0.15) is 6.61 Å². The summed E-state index contributed by atoms with van der Waals surface area (Å²) in [4.78, 5) is 37.5. The number of aromatic hydroxyl groups is 1. The second kappa shape index (κ2) is 11.5. The number of aliphatic carboxylic acids is 1. The summed E-state index contributed by atoms with van der Waals surface area (Å²) in [6, 6.07) is 7.44. The summed E-state index contributed by atoms with van der Waals surface area (Å²) in [5.74, 6) is -1.42.